The molecule has 1 aromatic rings. The summed E-state index contributed by atoms with van der Waals surface area (Å²) < 4.78 is 11.8. The average Bonchev–Trinajstić information content (AvgIpc) is 2.33. The van der Waals surface area contributed by atoms with Gasteiger partial charge in [0.2, 0.25) is 0 Å². The fourth-order valence-corrected chi connectivity index (χ4v) is 2.25. The van der Waals surface area contributed by atoms with Crippen LogP contribution in [0.2, 0.25) is 0 Å². The van der Waals surface area contributed by atoms with Crippen molar-refractivity contribution in [1.82, 2.24) is 0 Å². The van der Waals surface area contributed by atoms with E-state index in [2.05, 4.69) is 26.0 Å². The van der Waals surface area contributed by atoms with Crippen LogP contribution < -0.4 is 4.74 Å². The van der Waals surface area contributed by atoms with E-state index in [0.717, 1.165) is 18.6 Å². The van der Waals surface area contributed by atoms with Gasteiger partial charge in [-0.25, -0.2) is 0 Å². The van der Waals surface area contributed by atoms with Crippen LogP contribution in [-0.4, -0.2) is 12.4 Å². The van der Waals surface area contributed by atoms with E-state index in [-0.39, 0.29) is 6.29 Å². The smallest absolute Gasteiger partial charge is 0.200 e. The first-order valence-corrected chi connectivity index (χ1v) is 6.66. The Bertz CT molecular complexity index is 329. The number of hydrogen-bond donors (Lipinski definition) is 0. The Morgan fingerprint density at radius 1 is 1.24 bits per heavy atom. The van der Waals surface area contributed by atoms with Crippen LogP contribution in [0.25, 0.3) is 0 Å². The van der Waals surface area contributed by atoms with E-state index in [4.69, 9.17) is 9.47 Å². The molecule has 0 aliphatic carbocycles. The minimum atomic E-state index is -0.0528. The molecule has 1 aliphatic rings. The van der Waals surface area contributed by atoms with Crippen LogP contribution in [0.15, 0.2) is 24.3 Å². The molecule has 1 aromatic carbocycles. The summed E-state index contributed by atoms with van der Waals surface area (Å²) >= 11 is 0. The zero-order valence-corrected chi connectivity index (χ0v) is 10.8. The molecule has 1 fully saturated rings. The van der Waals surface area contributed by atoms with Gasteiger partial charge in [-0.1, -0.05) is 31.0 Å². The lowest BCUT2D eigenvalue weighted by Crippen LogP contribution is -2.31. The molecule has 2 heteroatoms. The van der Waals surface area contributed by atoms with Gasteiger partial charge >= 0.3 is 0 Å². The van der Waals surface area contributed by atoms with Crippen molar-refractivity contribution in [2.45, 2.75) is 58.3 Å². The van der Waals surface area contributed by atoms with E-state index >= 15 is 0 Å². The molecule has 17 heavy (non-hydrogen) atoms. The third-order valence-electron chi connectivity index (χ3n) is 3.21. The monoisotopic (exact) mass is 234 g/mol. The maximum Gasteiger partial charge on any atom is 0.200 e. The summed E-state index contributed by atoms with van der Waals surface area (Å²) in [5.74, 6) is 0.915. The van der Waals surface area contributed by atoms with E-state index in [1.165, 1.54) is 24.8 Å². The third kappa shape index (κ3) is 3.74. The van der Waals surface area contributed by atoms with Gasteiger partial charge in [0.1, 0.15) is 5.75 Å². The molecule has 2 rings (SSSR count). The molecule has 0 N–H and O–H groups in total. The molecule has 0 radical (unpaired) electrons. The molecule has 0 aromatic heterocycles. The Labute approximate surface area is 104 Å². The zero-order valence-electron chi connectivity index (χ0n) is 10.8. The lowest BCUT2D eigenvalue weighted by atomic mass is 10.0. The number of aryl methyl sites for hydroxylation is 1. The van der Waals surface area contributed by atoms with E-state index in [0.29, 0.717) is 6.10 Å². The molecule has 1 saturated heterocycles. The lowest BCUT2D eigenvalue weighted by Gasteiger charge is -2.30. The summed E-state index contributed by atoms with van der Waals surface area (Å²) in [6.45, 7) is 4.28. The highest BCUT2D eigenvalue weighted by Crippen LogP contribution is 2.24. The summed E-state index contributed by atoms with van der Waals surface area (Å²) in [7, 11) is 0. The standard InChI is InChI=1S/C15H22O2/c1-3-5-13-6-4-7-15(16-13)17-14-10-8-12(2)9-11-14/h8-11,13,15H,3-7H2,1-2H3. The summed E-state index contributed by atoms with van der Waals surface area (Å²) in [6, 6.07) is 8.17. The maximum absolute atomic E-state index is 5.94. The second kappa shape index (κ2) is 6.06. The molecule has 1 heterocycles. The van der Waals surface area contributed by atoms with Crippen LogP contribution in [-0.2, 0) is 4.74 Å². The van der Waals surface area contributed by atoms with E-state index in [9.17, 15) is 0 Å². The van der Waals surface area contributed by atoms with E-state index < -0.39 is 0 Å². The second-order valence-electron chi connectivity index (χ2n) is 4.84. The predicted octanol–water partition coefficient (Wildman–Crippen LogP) is 4.07. The van der Waals surface area contributed by atoms with Crippen molar-refractivity contribution < 1.29 is 9.47 Å². The van der Waals surface area contributed by atoms with E-state index in [1.54, 1.807) is 0 Å². The summed E-state index contributed by atoms with van der Waals surface area (Å²) in [5.41, 5.74) is 1.26. The molecule has 0 spiro atoms. The molecule has 2 atom stereocenters. The topological polar surface area (TPSA) is 18.5 Å². The fraction of sp³-hybridized carbons (Fsp3) is 0.600. The number of benzene rings is 1. The van der Waals surface area contributed by atoms with Crippen molar-refractivity contribution in [2.75, 3.05) is 0 Å². The van der Waals surface area contributed by atoms with Crippen LogP contribution >= 0.6 is 0 Å². The Hall–Kier alpha value is -1.02. The van der Waals surface area contributed by atoms with Crippen molar-refractivity contribution in [3.05, 3.63) is 29.8 Å². The Morgan fingerprint density at radius 3 is 2.71 bits per heavy atom. The van der Waals surface area contributed by atoms with Crippen LogP contribution in [0.1, 0.15) is 44.6 Å². The molecular formula is C15H22O2. The van der Waals surface area contributed by atoms with Gasteiger partial charge in [0.15, 0.2) is 6.29 Å². The van der Waals surface area contributed by atoms with Gasteiger partial charge in [0.05, 0.1) is 6.10 Å². The zero-order chi connectivity index (χ0) is 12.1. The highest BCUT2D eigenvalue weighted by molar-refractivity contribution is 5.26. The Balaban J connectivity index is 1.87. The largest absolute Gasteiger partial charge is 0.465 e. The average molecular weight is 234 g/mol. The quantitative estimate of drug-likeness (QED) is 0.782. The summed E-state index contributed by atoms with van der Waals surface area (Å²) in [4.78, 5) is 0. The van der Waals surface area contributed by atoms with E-state index in [1.807, 2.05) is 12.1 Å². The first kappa shape index (κ1) is 12.4. The van der Waals surface area contributed by atoms with Crippen LogP contribution in [0, 0.1) is 6.92 Å². The third-order valence-corrected chi connectivity index (χ3v) is 3.21. The van der Waals surface area contributed by atoms with Crippen molar-refractivity contribution in [1.29, 1.82) is 0 Å². The van der Waals surface area contributed by atoms with Crippen LogP contribution in [0.4, 0.5) is 0 Å². The van der Waals surface area contributed by atoms with Crippen LogP contribution in [0.5, 0.6) is 5.75 Å². The highest BCUT2D eigenvalue weighted by Gasteiger charge is 2.22. The Morgan fingerprint density at radius 2 is 2.00 bits per heavy atom. The molecular weight excluding hydrogens is 212 g/mol. The van der Waals surface area contributed by atoms with Gasteiger partial charge in [0, 0.05) is 6.42 Å². The highest BCUT2D eigenvalue weighted by atomic mass is 16.7. The Kier molecular flexibility index (Phi) is 4.43. The molecule has 1 aliphatic heterocycles. The van der Waals surface area contributed by atoms with Gasteiger partial charge in [-0.05, 0) is 38.3 Å². The number of rotatable bonds is 4. The molecule has 0 bridgehead atoms. The van der Waals surface area contributed by atoms with Crippen molar-refractivity contribution in [3.63, 3.8) is 0 Å². The SMILES string of the molecule is CCCC1CCCC(Oc2ccc(C)cc2)O1. The van der Waals surface area contributed by atoms with Gasteiger partial charge in [-0.15, -0.1) is 0 Å². The second-order valence-corrected chi connectivity index (χ2v) is 4.84. The molecule has 2 nitrogen and oxygen atoms in total. The minimum absolute atomic E-state index is 0.0528. The molecule has 0 amide bonds. The summed E-state index contributed by atoms with van der Waals surface area (Å²) in [5, 5.41) is 0. The summed E-state index contributed by atoms with van der Waals surface area (Å²) in [6.07, 6.45) is 6.07. The van der Waals surface area contributed by atoms with Crippen LogP contribution in [0.3, 0.4) is 0 Å². The van der Waals surface area contributed by atoms with Crippen molar-refractivity contribution in [3.8, 4) is 5.75 Å². The number of hydrogen-bond acceptors (Lipinski definition) is 2. The normalized spacial score (nSPS) is 24.6. The van der Waals surface area contributed by atoms with Gasteiger partial charge in [0.25, 0.3) is 0 Å². The maximum atomic E-state index is 5.94. The molecule has 94 valence electrons. The first-order chi connectivity index (χ1) is 8.28. The molecule has 2 unspecified atom stereocenters. The van der Waals surface area contributed by atoms with Gasteiger partial charge < -0.3 is 9.47 Å². The van der Waals surface area contributed by atoms with Crippen molar-refractivity contribution in [2.24, 2.45) is 0 Å². The lowest BCUT2D eigenvalue weighted by molar-refractivity contribution is -0.149. The fourth-order valence-electron chi connectivity index (χ4n) is 2.25. The minimum Gasteiger partial charge on any atom is -0.465 e. The van der Waals surface area contributed by atoms with Crippen molar-refractivity contribution >= 4 is 0 Å². The van der Waals surface area contributed by atoms with Gasteiger partial charge in [-0.2, -0.15) is 0 Å². The molecule has 0 saturated carbocycles. The number of ether oxygens (including phenoxy) is 2. The predicted molar refractivity (Wildman–Crippen MR) is 69.2 cm³/mol. The first-order valence-electron chi connectivity index (χ1n) is 6.66. The van der Waals surface area contributed by atoms with Gasteiger partial charge in [-0.3, -0.25) is 0 Å².